The molecule has 0 spiro atoms. The van der Waals surface area contributed by atoms with E-state index in [9.17, 15) is 9.59 Å². The Bertz CT molecular complexity index is 326. The van der Waals surface area contributed by atoms with Crippen LogP contribution < -0.4 is 16.4 Å². The predicted octanol–water partition coefficient (Wildman–Crippen LogP) is 0.897. The Hall–Kier alpha value is -1.30. The van der Waals surface area contributed by atoms with Crippen LogP contribution in [0.25, 0.3) is 0 Å². The van der Waals surface area contributed by atoms with E-state index in [0.717, 1.165) is 25.7 Å². The van der Waals surface area contributed by atoms with Crippen LogP contribution in [0.5, 0.6) is 0 Å². The summed E-state index contributed by atoms with van der Waals surface area (Å²) in [6.45, 7) is 5.43. The molecule has 1 rings (SSSR count). The molecular formula is C13H25N3O3. The lowest BCUT2D eigenvalue weighted by Crippen LogP contribution is -2.54. The normalized spacial score (nSPS) is 23.6. The number of carbonyl (C=O) groups is 2. The lowest BCUT2D eigenvalue weighted by Gasteiger charge is -2.33. The summed E-state index contributed by atoms with van der Waals surface area (Å²) in [5.74, 6) is -0.192. The van der Waals surface area contributed by atoms with E-state index in [1.165, 1.54) is 0 Å². The molecule has 19 heavy (non-hydrogen) atoms. The average molecular weight is 271 g/mol. The van der Waals surface area contributed by atoms with E-state index >= 15 is 0 Å². The monoisotopic (exact) mass is 271 g/mol. The van der Waals surface area contributed by atoms with Gasteiger partial charge in [0.2, 0.25) is 5.91 Å². The van der Waals surface area contributed by atoms with Crippen LogP contribution in [0.2, 0.25) is 0 Å². The van der Waals surface area contributed by atoms with Gasteiger partial charge in [-0.3, -0.25) is 4.79 Å². The second-order valence-electron chi connectivity index (χ2n) is 5.92. The molecule has 6 heteroatoms. The van der Waals surface area contributed by atoms with E-state index in [-0.39, 0.29) is 24.5 Å². The third-order valence-electron chi connectivity index (χ3n) is 3.00. The second kappa shape index (κ2) is 6.75. The Morgan fingerprint density at radius 2 is 1.68 bits per heavy atom. The minimum absolute atomic E-state index is 0.0321. The highest BCUT2D eigenvalue weighted by Gasteiger charge is 2.29. The molecule has 2 atom stereocenters. The van der Waals surface area contributed by atoms with Gasteiger partial charge in [0.15, 0.2) is 0 Å². The first kappa shape index (κ1) is 15.8. The van der Waals surface area contributed by atoms with Crippen LogP contribution in [0, 0.1) is 0 Å². The molecule has 1 fully saturated rings. The quantitative estimate of drug-likeness (QED) is 0.711. The summed E-state index contributed by atoms with van der Waals surface area (Å²) < 4.78 is 5.23. The second-order valence-corrected chi connectivity index (χ2v) is 5.92. The molecule has 0 aromatic rings. The zero-order chi connectivity index (χ0) is 14.5. The zero-order valence-corrected chi connectivity index (χ0v) is 12.0. The van der Waals surface area contributed by atoms with Crippen molar-refractivity contribution >= 4 is 12.0 Å². The van der Waals surface area contributed by atoms with Crippen LogP contribution in [0.15, 0.2) is 0 Å². The van der Waals surface area contributed by atoms with Gasteiger partial charge in [0.1, 0.15) is 5.60 Å². The maximum Gasteiger partial charge on any atom is 0.407 e. The van der Waals surface area contributed by atoms with Gasteiger partial charge < -0.3 is 21.1 Å². The Morgan fingerprint density at radius 3 is 2.16 bits per heavy atom. The Balaban J connectivity index is 2.52. The van der Waals surface area contributed by atoms with Gasteiger partial charge in [-0.05, 0) is 33.6 Å². The summed E-state index contributed by atoms with van der Waals surface area (Å²) in [6, 6.07) is -0.142. The van der Waals surface area contributed by atoms with Crippen molar-refractivity contribution in [2.45, 2.75) is 64.1 Å². The number of rotatable bonds is 3. The van der Waals surface area contributed by atoms with Crippen LogP contribution in [0.3, 0.4) is 0 Å². The molecule has 0 aliphatic heterocycles. The molecule has 1 aliphatic carbocycles. The van der Waals surface area contributed by atoms with Crippen LogP contribution in [-0.2, 0) is 9.53 Å². The van der Waals surface area contributed by atoms with E-state index in [1.54, 1.807) is 0 Å². The fraction of sp³-hybridized carbons (Fsp3) is 0.846. The largest absolute Gasteiger partial charge is 0.444 e. The van der Waals surface area contributed by atoms with Crippen LogP contribution in [0.1, 0.15) is 46.5 Å². The molecule has 0 heterocycles. The van der Waals surface area contributed by atoms with E-state index < -0.39 is 11.7 Å². The third-order valence-corrected chi connectivity index (χ3v) is 3.00. The first-order valence-corrected chi connectivity index (χ1v) is 6.81. The maximum atomic E-state index is 11.8. The Morgan fingerprint density at radius 1 is 1.16 bits per heavy atom. The molecule has 2 amide bonds. The van der Waals surface area contributed by atoms with Crippen molar-refractivity contribution in [2.24, 2.45) is 5.73 Å². The summed E-state index contributed by atoms with van der Waals surface area (Å²) in [5.41, 5.74) is 4.78. The van der Waals surface area contributed by atoms with E-state index in [0.29, 0.717) is 0 Å². The fourth-order valence-electron chi connectivity index (χ4n) is 2.20. The highest BCUT2D eigenvalue weighted by atomic mass is 16.6. The van der Waals surface area contributed by atoms with E-state index in [4.69, 9.17) is 10.5 Å². The maximum absolute atomic E-state index is 11.8. The highest BCUT2D eigenvalue weighted by molar-refractivity contribution is 5.78. The number of nitrogens with two attached hydrogens (primary N) is 1. The topological polar surface area (TPSA) is 93.5 Å². The molecule has 0 aromatic heterocycles. The van der Waals surface area contributed by atoms with Crippen molar-refractivity contribution in [2.75, 3.05) is 6.54 Å². The first-order valence-electron chi connectivity index (χ1n) is 6.81. The van der Waals surface area contributed by atoms with Crippen LogP contribution in [0.4, 0.5) is 4.79 Å². The molecular weight excluding hydrogens is 246 g/mol. The zero-order valence-electron chi connectivity index (χ0n) is 12.0. The molecule has 0 radical (unpaired) electrons. The van der Waals surface area contributed by atoms with Crippen LogP contribution >= 0.6 is 0 Å². The summed E-state index contributed by atoms with van der Waals surface area (Å²) in [4.78, 5) is 23.1. The van der Waals surface area contributed by atoms with Gasteiger partial charge in [0, 0.05) is 6.04 Å². The van der Waals surface area contributed by atoms with Crippen molar-refractivity contribution in [3.63, 3.8) is 0 Å². The standard InChI is InChI=1S/C13H25N3O3/c1-13(2,3)19-12(18)16-10-7-5-4-6-9(10)15-11(17)8-14/h9-10H,4-8,14H2,1-3H3,(H,15,17)(H,16,18)/t9-,10+/m0/s1. The van der Waals surface area contributed by atoms with Crippen molar-refractivity contribution in [1.82, 2.24) is 10.6 Å². The Labute approximate surface area is 114 Å². The minimum Gasteiger partial charge on any atom is -0.444 e. The molecule has 0 aromatic carbocycles. The van der Waals surface area contributed by atoms with Gasteiger partial charge in [-0.1, -0.05) is 12.8 Å². The van der Waals surface area contributed by atoms with Gasteiger partial charge in [-0.15, -0.1) is 0 Å². The first-order chi connectivity index (χ1) is 8.81. The number of ether oxygens (including phenoxy) is 1. The summed E-state index contributed by atoms with van der Waals surface area (Å²) in [7, 11) is 0. The molecule has 1 aliphatic rings. The number of nitrogens with one attached hydrogen (secondary N) is 2. The summed E-state index contributed by atoms with van der Waals surface area (Å²) in [5, 5.41) is 5.69. The van der Waals surface area contributed by atoms with Crippen molar-refractivity contribution in [3.05, 3.63) is 0 Å². The minimum atomic E-state index is -0.519. The van der Waals surface area contributed by atoms with E-state index in [1.807, 2.05) is 20.8 Å². The smallest absolute Gasteiger partial charge is 0.407 e. The molecule has 0 unspecified atom stereocenters. The summed E-state index contributed by atoms with van der Waals surface area (Å²) >= 11 is 0. The average Bonchev–Trinajstić information content (AvgIpc) is 2.29. The molecule has 0 bridgehead atoms. The SMILES string of the molecule is CC(C)(C)OC(=O)N[C@@H]1CCCC[C@@H]1NC(=O)CN. The van der Waals surface area contributed by atoms with Crippen molar-refractivity contribution in [3.8, 4) is 0 Å². The van der Waals surface area contributed by atoms with Gasteiger partial charge >= 0.3 is 6.09 Å². The van der Waals surface area contributed by atoms with Gasteiger partial charge in [0.05, 0.1) is 12.6 Å². The van der Waals surface area contributed by atoms with Crippen LogP contribution in [-0.4, -0.2) is 36.2 Å². The van der Waals surface area contributed by atoms with Crippen molar-refractivity contribution in [1.29, 1.82) is 0 Å². The number of carbonyl (C=O) groups excluding carboxylic acids is 2. The third kappa shape index (κ3) is 5.92. The number of alkyl carbamates (subject to hydrolysis) is 1. The molecule has 4 N–H and O–H groups in total. The molecule has 110 valence electrons. The number of hydrogen-bond donors (Lipinski definition) is 3. The lowest BCUT2D eigenvalue weighted by atomic mass is 9.90. The predicted molar refractivity (Wildman–Crippen MR) is 72.6 cm³/mol. The van der Waals surface area contributed by atoms with Gasteiger partial charge in [-0.2, -0.15) is 0 Å². The van der Waals surface area contributed by atoms with Gasteiger partial charge in [-0.25, -0.2) is 4.79 Å². The lowest BCUT2D eigenvalue weighted by molar-refractivity contribution is -0.120. The number of amides is 2. The fourth-order valence-corrected chi connectivity index (χ4v) is 2.20. The van der Waals surface area contributed by atoms with E-state index in [2.05, 4.69) is 10.6 Å². The molecule has 6 nitrogen and oxygen atoms in total. The molecule has 0 saturated heterocycles. The Kier molecular flexibility index (Phi) is 5.60. The molecule has 1 saturated carbocycles. The summed E-state index contributed by atoms with van der Waals surface area (Å²) in [6.07, 6.45) is 3.34. The van der Waals surface area contributed by atoms with Gasteiger partial charge in [0.25, 0.3) is 0 Å². The van der Waals surface area contributed by atoms with Crippen molar-refractivity contribution < 1.29 is 14.3 Å². The highest BCUT2D eigenvalue weighted by Crippen LogP contribution is 2.19. The number of hydrogen-bond acceptors (Lipinski definition) is 4.